The largest absolute Gasteiger partial charge is 0.256 e. The van der Waals surface area contributed by atoms with Gasteiger partial charge in [-0.2, -0.15) is 0 Å². The summed E-state index contributed by atoms with van der Waals surface area (Å²) in [6.45, 7) is 12.2. The van der Waals surface area contributed by atoms with Crippen molar-refractivity contribution in [2.24, 2.45) is 0 Å². The molecule has 0 saturated carbocycles. The Bertz CT molecular complexity index is 419. The molecule has 1 heterocycles. The molecule has 0 N–H and O–H groups in total. The molecule has 16 heavy (non-hydrogen) atoms. The second-order valence-electron chi connectivity index (χ2n) is 3.15. The van der Waals surface area contributed by atoms with E-state index in [0.29, 0.717) is 0 Å². The van der Waals surface area contributed by atoms with Gasteiger partial charge in [-0.3, -0.25) is 4.98 Å². The fraction of sp³-hybridized carbons (Fsp3) is 0.400. The highest BCUT2D eigenvalue weighted by Crippen LogP contribution is 2.16. The summed E-state index contributed by atoms with van der Waals surface area (Å²) >= 11 is 0. The predicted molar refractivity (Wildman–Crippen MR) is 73.9 cm³/mol. The van der Waals surface area contributed by atoms with Crippen LogP contribution < -0.4 is 0 Å². The number of pyridine rings is 1. The second-order valence-corrected chi connectivity index (χ2v) is 3.15. The first-order valence-electron chi connectivity index (χ1n) is 6.09. The van der Waals surface area contributed by atoms with Crippen molar-refractivity contribution >= 4 is 10.9 Å². The van der Waals surface area contributed by atoms with Crippen LogP contribution in [0, 0.1) is 13.8 Å². The van der Waals surface area contributed by atoms with Crippen molar-refractivity contribution in [3.05, 3.63) is 41.6 Å². The summed E-state index contributed by atoms with van der Waals surface area (Å²) < 4.78 is 0. The molecule has 0 aliphatic rings. The Labute approximate surface area is 99.5 Å². The van der Waals surface area contributed by atoms with Crippen LogP contribution in [0.5, 0.6) is 0 Å². The van der Waals surface area contributed by atoms with Gasteiger partial charge in [0.05, 0.1) is 5.52 Å². The van der Waals surface area contributed by atoms with Crippen LogP contribution >= 0.6 is 0 Å². The monoisotopic (exact) mass is 217 g/mol. The SMILES string of the molecule is CC.CC.Cc1ccc2nccc(C)c2c1. The van der Waals surface area contributed by atoms with E-state index in [2.05, 4.69) is 37.0 Å². The van der Waals surface area contributed by atoms with Gasteiger partial charge in [0.1, 0.15) is 0 Å². The van der Waals surface area contributed by atoms with Gasteiger partial charge >= 0.3 is 0 Å². The number of rotatable bonds is 0. The smallest absolute Gasteiger partial charge is 0.0704 e. The fourth-order valence-corrected chi connectivity index (χ4v) is 1.40. The Morgan fingerprint density at radius 3 is 2.12 bits per heavy atom. The Morgan fingerprint density at radius 2 is 1.50 bits per heavy atom. The molecule has 2 rings (SSSR count). The van der Waals surface area contributed by atoms with E-state index in [0.717, 1.165) is 5.52 Å². The number of nitrogens with zero attached hydrogens (tertiary/aromatic N) is 1. The maximum absolute atomic E-state index is 4.28. The lowest BCUT2D eigenvalue weighted by Gasteiger charge is -2.00. The molecule has 0 atom stereocenters. The van der Waals surface area contributed by atoms with Gasteiger partial charge in [-0.15, -0.1) is 0 Å². The summed E-state index contributed by atoms with van der Waals surface area (Å²) in [5.41, 5.74) is 3.67. The average Bonchev–Trinajstić information content (AvgIpc) is 2.35. The van der Waals surface area contributed by atoms with Gasteiger partial charge in [0.25, 0.3) is 0 Å². The Kier molecular flexibility index (Phi) is 7.19. The quantitative estimate of drug-likeness (QED) is 0.611. The topological polar surface area (TPSA) is 12.9 Å². The molecule has 0 unspecified atom stereocenters. The average molecular weight is 217 g/mol. The van der Waals surface area contributed by atoms with Crippen LogP contribution in [-0.4, -0.2) is 4.98 Å². The number of aromatic nitrogens is 1. The van der Waals surface area contributed by atoms with Crippen LogP contribution in [-0.2, 0) is 0 Å². The maximum atomic E-state index is 4.28. The van der Waals surface area contributed by atoms with Gasteiger partial charge in [0.15, 0.2) is 0 Å². The summed E-state index contributed by atoms with van der Waals surface area (Å²) in [5, 5.41) is 1.26. The van der Waals surface area contributed by atoms with Crippen LogP contribution in [0.25, 0.3) is 10.9 Å². The molecular formula is C15H23N. The number of hydrogen-bond acceptors (Lipinski definition) is 1. The third-order valence-corrected chi connectivity index (χ3v) is 2.12. The normalized spacial score (nSPS) is 8.62. The minimum Gasteiger partial charge on any atom is -0.256 e. The first-order valence-corrected chi connectivity index (χ1v) is 6.09. The van der Waals surface area contributed by atoms with Gasteiger partial charge in [-0.25, -0.2) is 0 Å². The molecule has 0 bridgehead atoms. The number of fused-ring (bicyclic) bond motifs is 1. The zero-order valence-corrected chi connectivity index (χ0v) is 11.3. The van der Waals surface area contributed by atoms with Crippen LogP contribution in [0.15, 0.2) is 30.5 Å². The highest BCUT2D eigenvalue weighted by atomic mass is 14.6. The summed E-state index contributed by atoms with van der Waals surface area (Å²) in [6.07, 6.45) is 1.85. The molecule has 2 aromatic rings. The molecular weight excluding hydrogens is 194 g/mol. The summed E-state index contributed by atoms with van der Waals surface area (Å²) in [4.78, 5) is 4.28. The maximum Gasteiger partial charge on any atom is 0.0704 e. The van der Waals surface area contributed by atoms with E-state index in [1.165, 1.54) is 16.5 Å². The van der Waals surface area contributed by atoms with Crippen molar-refractivity contribution in [3.63, 3.8) is 0 Å². The van der Waals surface area contributed by atoms with Gasteiger partial charge in [-0.1, -0.05) is 39.3 Å². The summed E-state index contributed by atoms with van der Waals surface area (Å²) in [6, 6.07) is 8.38. The van der Waals surface area contributed by atoms with E-state index in [-0.39, 0.29) is 0 Å². The zero-order valence-electron chi connectivity index (χ0n) is 11.3. The summed E-state index contributed by atoms with van der Waals surface area (Å²) in [5.74, 6) is 0. The van der Waals surface area contributed by atoms with Gasteiger partial charge in [0.2, 0.25) is 0 Å². The highest BCUT2D eigenvalue weighted by Gasteiger charge is 1.96. The predicted octanol–water partition coefficient (Wildman–Crippen LogP) is 4.90. The van der Waals surface area contributed by atoms with Crippen LogP contribution in [0.2, 0.25) is 0 Å². The van der Waals surface area contributed by atoms with E-state index in [9.17, 15) is 0 Å². The van der Waals surface area contributed by atoms with E-state index in [1.807, 2.05) is 40.0 Å². The molecule has 0 radical (unpaired) electrons. The Hall–Kier alpha value is -1.37. The van der Waals surface area contributed by atoms with Crippen molar-refractivity contribution in [1.82, 2.24) is 4.98 Å². The van der Waals surface area contributed by atoms with Crippen molar-refractivity contribution in [3.8, 4) is 0 Å². The van der Waals surface area contributed by atoms with Crippen molar-refractivity contribution in [2.75, 3.05) is 0 Å². The van der Waals surface area contributed by atoms with Gasteiger partial charge < -0.3 is 0 Å². The van der Waals surface area contributed by atoms with Crippen LogP contribution in [0.4, 0.5) is 0 Å². The van der Waals surface area contributed by atoms with Crippen LogP contribution in [0.1, 0.15) is 38.8 Å². The minimum atomic E-state index is 1.08. The number of hydrogen-bond donors (Lipinski definition) is 0. The molecule has 1 heteroatoms. The van der Waals surface area contributed by atoms with E-state index < -0.39 is 0 Å². The fourth-order valence-electron chi connectivity index (χ4n) is 1.40. The molecule has 0 aliphatic carbocycles. The van der Waals surface area contributed by atoms with E-state index in [1.54, 1.807) is 0 Å². The van der Waals surface area contributed by atoms with Crippen molar-refractivity contribution < 1.29 is 0 Å². The van der Waals surface area contributed by atoms with E-state index in [4.69, 9.17) is 0 Å². The molecule has 0 fully saturated rings. The van der Waals surface area contributed by atoms with Crippen molar-refractivity contribution in [1.29, 1.82) is 0 Å². The number of aryl methyl sites for hydroxylation is 2. The van der Waals surface area contributed by atoms with Gasteiger partial charge in [-0.05, 0) is 37.6 Å². The third-order valence-electron chi connectivity index (χ3n) is 2.12. The lowest BCUT2D eigenvalue weighted by atomic mass is 10.1. The lowest BCUT2D eigenvalue weighted by Crippen LogP contribution is -1.82. The molecule has 1 aromatic carbocycles. The molecule has 0 saturated heterocycles. The molecule has 0 spiro atoms. The standard InChI is InChI=1S/C11H11N.2C2H6/c1-8-3-4-11-10(7-8)9(2)5-6-12-11;2*1-2/h3-7H,1-2H3;2*1-2H3. The number of benzene rings is 1. The lowest BCUT2D eigenvalue weighted by molar-refractivity contribution is 1.35. The molecule has 1 nitrogen and oxygen atoms in total. The Morgan fingerprint density at radius 1 is 0.875 bits per heavy atom. The van der Waals surface area contributed by atoms with E-state index >= 15 is 0 Å². The van der Waals surface area contributed by atoms with Gasteiger partial charge in [0, 0.05) is 11.6 Å². The minimum absolute atomic E-state index is 1.08. The second kappa shape index (κ2) is 7.86. The Balaban J connectivity index is 0.000000509. The molecule has 0 amide bonds. The molecule has 88 valence electrons. The first-order chi connectivity index (χ1) is 7.77. The highest BCUT2D eigenvalue weighted by molar-refractivity contribution is 5.82. The summed E-state index contributed by atoms with van der Waals surface area (Å²) in [7, 11) is 0. The molecule has 0 aliphatic heterocycles. The third kappa shape index (κ3) is 3.65. The first kappa shape index (κ1) is 14.6. The zero-order chi connectivity index (χ0) is 12.6. The van der Waals surface area contributed by atoms with Crippen LogP contribution in [0.3, 0.4) is 0 Å². The molecule has 1 aromatic heterocycles. The van der Waals surface area contributed by atoms with Crippen molar-refractivity contribution in [2.45, 2.75) is 41.5 Å².